The van der Waals surface area contributed by atoms with Gasteiger partial charge in [0.05, 0.1) is 16.7 Å². The lowest BCUT2D eigenvalue weighted by molar-refractivity contribution is 0.616. The van der Waals surface area contributed by atoms with Crippen LogP contribution in [0, 0.1) is 6.92 Å². The molecule has 0 aliphatic carbocycles. The number of anilines is 3. The van der Waals surface area contributed by atoms with E-state index in [1.165, 1.54) is 16.1 Å². The third-order valence-corrected chi connectivity index (χ3v) is 6.17. The second-order valence-corrected chi connectivity index (χ2v) is 8.09. The largest absolute Gasteiger partial charge is 0.369 e. The molecule has 5 rings (SSSR count). The van der Waals surface area contributed by atoms with Crippen molar-refractivity contribution < 1.29 is 4.39 Å². The van der Waals surface area contributed by atoms with Gasteiger partial charge in [-0.1, -0.05) is 60.3 Å². The molecule has 2 aliphatic rings. The first kappa shape index (κ1) is 17.1. The lowest BCUT2D eigenvalue weighted by Gasteiger charge is -2.29. The van der Waals surface area contributed by atoms with Crippen LogP contribution < -0.4 is 10.2 Å². The number of aryl methyl sites for hydroxylation is 1. The SMILES string of the molecule is Cc1cccc2c1NC(C=C1C=C(F)N(c3ccccc3)c3ccccc31)S2. The van der Waals surface area contributed by atoms with Gasteiger partial charge in [0, 0.05) is 16.1 Å². The molecular formula is C24H19FN2S. The second kappa shape index (κ2) is 6.88. The average molecular weight is 386 g/mol. The molecule has 1 N–H and O–H groups in total. The van der Waals surface area contributed by atoms with Crippen molar-refractivity contribution in [2.75, 3.05) is 10.2 Å². The minimum atomic E-state index is -0.271. The number of rotatable bonds is 2. The molecule has 2 heterocycles. The Morgan fingerprint density at radius 1 is 0.964 bits per heavy atom. The van der Waals surface area contributed by atoms with Gasteiger partial charge in [0.25, 0.3) is 0 Å². The fourth-order valence-electron chi connectivity index (χ4n) is 3.75. The number of para-hydroxylation sites is 3. The van der Waals surface area contributed by atoms with Gasteiger partial charge in [0.2, 0.25) is 0 Å². The van der Waals surface area contributed by atoms with Crippen LogP contribution >= 0.6 is 11.8 Å². The summed E-state index contributed by atoms with van der Waals surface area (Å²) < 4.78 is 15.2. The summed E-state index contributed by atoms with van der Waals surface area (Å²) in [6, 6.07) is 23.9. The first-order chi connectivity index (χ1) is 13.7. The molecule has 0 radical (unpaired) electrons. The Balaban J connectivity index is 1.55. The first-order valence-electron chi connectivity index (χ1n) is 9.27. The highest BCUT2D eigenvalue weighted by Gasteiger charge is 2.26. The summed E-state index contributed by atoms with van der Waals surface area (Å²) >= 11 is 1.76. The van der Waals surface area contributed by atoms with Crippen molar-refractivity contribution in [1.29, 1.82) is 0 Å². The van der Waals surface area contributed by atoms with E-state index in [0.717, 1.165) is 22.5 Å². The van der Waals surface area contributed by atoms with Crippen LogP contribution in [-0.4, -0.2) is 5.37 Å². The van der Waals surface area contributed by atoms with Gasteiger partial charge in [0.1, 0.15) is 0 Å². The molecule has 0 saturated heterocycles. The quantitative estimate of drug-likeness (QED) is 0.483. The smallest absolute Gasteiger partial charge is 0.199 e. The highest BCUT2D eigenvalue weighted by atomic mass is 32.2. The van der Waals surface area contributed by atoms with Crippen molar-refractivity contribution in [3.8, 4) is 0 Å². The van der Waals surface area contributed by atoms with Crippen LogP contribution in [0.2, 0.25) is 0 Å². The molecule has 0 aromatic heterocycles. The van der Waals surface area contributed by atoms with Gasteiger partial charge in [-0.25, -0.2) is 0 Å². The molecule has 3 aromatic rings. The molecule has 2 aliphatic heterocycles. The van der Waals surface area contributed by atoms with E-state index < -0.39 is 0 Å². The van der Waals surface area contributed by atoms with E-state index in [4.69, 9.17) is 0 Å². The highest BCUT2D eigenvalue weighted by Crippen LogP contribution is 2.45. The summed E-state index contributed by atoms with van der Waals surface area (Å²) in [5.41, 5.74) is 6.01. The maximum atomic E-state index is 15.2. The molecule has 138 valence electrons. The number of benzene rings is 3. The molecular weight excluding hydrogens is 367 g/mol. The van der Waals surface area contributed by atoms with E-state index in [2.05, 4.69) is 42.6 Å². The maximum Gasteiger partial charge on any atom is 0.199 e. The number of allylic oxidation sites excluding steroid dienone is 2. The molecule has 0 amide bonds. The van der Waals surface area contributed by atoms with Crippen molar-refractivity contribution in [2.24, 2.45) is 0 Å². The predicted molar refractivity (Wildman–Crippen MR) is 117 cm³/mol. The Bertz CT molecular complexity index is 1100. The highest BCUT2D eigenvalue weighted by molar-refractivity contribution is 8.00. The predicted octanol–water partition coefficient (Wildman–Crippen LogP) is 6.88. The third-order valence-electron chi connectivity index (χ3n) is 5.06. The summed E-state index contributed by atoms with van der Waals surface area (Å²) in [6.07, 6.45) is 3.75. The average Bonchev–Trinajstić information content (AvgIpc) is 3.13. The zero-order valence-electron chi connectivity index (χ0n) is 15.4. The zero-order chi connectivity index (χ0) is 19.1. The van der Waals surface area contributed by atoms with Crippen LogP contribution in [0.4, 0.5) is 21.5 Å². The van der Waals surface area contributed by atoms with Gasteiger partial charge >= 0.3 is 0 Å². The van der Waals surface area contributed by atoms with Gasteiger partial charge in [0.15, 0.2) is 5.95 Å². The normalized spacial score (nSPS) is 19.1. The topological polar surface area (TPSA) is 15.3 Å². The zero-order valence-corrected chi connectivity index (χ0v) is 16.2. The molecule has 4 heteroatoms. The number of nitrogens with one attached hydrogen (secondary N) is 1. The molecule has 2 nitrogen and oxygen atoms in total. The van der Waals surface area contributed by atoms with Crippen molar-refractivity contribution in [3.63, 3.8) is 0 Å². The summed E-state index contributed by atoms with van der Waals surface area (Å²) in [6.45, 7) is 2.11. The Kier molecular flexibility index (Phi) is 4.21. The van der Waals surface area contributed by atoms with Gasteiger partial charge in [-0.3, -0.25) is 4.90 Å². The molecule has 3 aromatic carbocycles. The standard InChI is InChI=1S/C24H19FN2S/c1-16-8-7-13-21-24(16)26-23(28-21)15-17-14-22(25)27(18-9-3-2-4-10-18)20-12-6-5-11-19(17)20/h2-15,23,26H,1H3. The van der Waals surface area contributed by atoms with Crippen molar-refractivity contribution in [2.45, 2.75) is 17.2 Å². The maximum absolute atomic E-state index is 15.2. The van der Waals surface area contributed by atoms with Gasteiger partial charge in [-0.2, -0.15) is 4.39 Å². The molecule has 0 bridgehead atoms. The van der Waals surface area contributed by atoms with Gasteiger partial charge < -0.3 is 5.32 Å². The molecule has 0 saturated carbocycles. The summed E-state index contributed by atoms with van der Waals surface area (Å²) in [4.78, 5) is 2.90. The molecule has 1 unspecified atom stereocenters. The van der Waals surface area contributed by atoms with Crippen molar-refractivity contribution >= 4 is 34.4 Å². The van der Waals surface area contributed by atoms with Crippen LogP contribution in [0.5, 0.6) is 0 Å². The van der Waals surface area contributed by atoms with Crippen LogP contribution in [0.3, 0.4) is 0 Å². The van der Waals surface area contributed by atoms with Crippen molar-refractivity contribution in [1.82, 2.24) is 0 Å². The van der Waals surface area contributed by atoms with E-state index in [1.54, 1.807) is 22.7 Å². The van der Waals surface area contributed by atoms with E-state index in [9.17, 15) is 0 Å². The summed E-state index contributed by atoms with van der Waals surface area (Å²) in [7, 11) is 0. The molecule has 1 atom stereocenters. The minimum absolute atomic E-state index is 0.0754. The third kappa shape index (κ3) is 2.90. The number of hydrogen-bond donors (Lipinski definition) is 1. The van der Waals surface area contributed by atoms with E-state index >= 15 is 4.39 Å². The lowest BCUT2D eigenvalue weighted by Crippen LogP contribution is -2.19. The number of nitrogens with zero attached hydrogens (tertiary/aromatic N) is 1. The minimum Gasteiger partial charge on any atom is -0.369 e. The Labute approximate surface area is 168 Å². The van der Waals surface area contributed by atoms with E-state index in [0.29, 0.717) is 0 Å². The molecule has 0 spiro atoms. The molecule has 0 fully saturated rings. The van der Waals surface area contributed by atoms with Crippen LogP contribution in [0.25, 0.3) is 5.57 Å². The first-order valence-corrected chi connectivity index (χ1v) is 10.1. The fraction of sp³-hybridized carbons (Fsp3) is 0.0833. The Morgan fingerprint density at radius 3 is 2.57 bits per heavy atom. The molecule has 28 heavy (non-hydrogen) atoms. The number of fused-ring (bicyclic) bond motifs is 2. The van der Waals surface area contributed by atoms with Crippen LogP contribution in [0.1, 0.15) is 11.1 Å². The summed E-state index contributed by atoms with van der Waals surface area (Å²) in [5.74, 6) is -0.271. The lowest BCUT2D eigenvalue weighted by atomic mass is 9.98. The van der Waals surface area contributed by atoms with Gasteiger partial charge in [-0.05, 0) is 54.5 Å². The van der Waals surface area contributed by atoms with E-state index in [-0.39, 0.29) is 11.3 Å². The monoisotopic (exact) mass is 386 g/mol. The second-order valence-electron chi connectivity index (χ2n) is 6.91. The number of thioether (sulfide) groups is 1. The summed E-state index contributed by atoms with van der Waals surface area (Å²) in [5, 5.41) is 3.64. The van der Waals surface area contributed by atoms with Gasteiger partial charge in [-0.15, -0.1) is 0 Å². The van der Waals surface area contributed by atoms with Crippen LogP contribution in [-0.2, 0) is 0 Å². The van der Waals surface area contributed by atoms with Crippen LogP contribution in [0.15, 0.2) is 95.8 Å². The van der Waals surface area contributed by atoms with Crippen molar-refractivity contribution in [3.05, 3.63) is 102 Å². The Hall–Kier alpha value is -2.98. The number of halogens is 1. The van der Waals surface area contributed by atoms with E-state index in [1.807, 2.05) is 48.5 Å². The number of hydrogen-bond acceptors (Lipinski definition) is 3. The Morgan fingerprint density at radius 2 is 1.75 bits per heavy atom. The fourth-order valence-corrected chi connectivity index (χ4v) is 4.91.